The summed E-state index contributed by atoms with van der Waals surface area (Å²) in [5, 5.41) is 3.45. The molecule has 4 rings (SSSR count). The fourth-order valence-corrected chi connectivity index (χ4v) is 3.96. The van der Waals surface area contributed by atoms with Gasteiger partial charge in [-0.05, 0) is 39.9 Å². The molecule has 27 heavy (non-hydrogen) atoms. The van der Waals surface area contributed by atoms with Crippen LogP contribution < -0.4 is 5.32 Å². The molecule has 0 saturated carbocycles. The molecule has 3 aromatic rings. The van der Waals surface area contributed by atoms with Crippen molar-refractivity contribution < 1.29 is 13.0 Å². The van der Waals surface area contributed by atoms with E-state index in [-0.39, 0.29) is 10.9 Å². The summed E-state index contributed by atoms with van der Waals surface area (Å²) in [5.41, 5.74) is 5.10. The van der Waals surface area contributed by atoms with E-state index in [1.54, 1.807) is 12.1 Å². The van der Waals surface area contributed by atoms with Gasteiger partial charge in [0.2, 0.25) is 0 Å². The molecular formula is C22H19NO3S. The Morgan fingerprint density at radius 3 is 2.41 bits per heavy atom. The second kappa shape index (κ2) is 7.12. The summed E-state index contributed by atoms with van der Waals surface area (Å²) in [6.07, 6.45) is 3.97. The average Bonchev–Trinajstić information content (AvgIpc) is 3.10. The predicted octanol–water partition coefficient (Wildman–Crippen LogP) is 4.30. The molecule has 4 nitrogen and oxygen atoms in total. The Bertz CT molecular complexity index is 1110. The molecule has 0 aliphatic carbocycles. The van der Waals surface area contributed by atoms with Crippen molar-refractivity contribution in [3.8, 4) is 0 Å². The lowest BCUT2D eigenvalue weighted by Gasteiger charge is -2.17. The van der Waals surface area contributed by atoms with Crippen molar-refractivity contribution in [1.82, 2.24) is 5.32 Å². The van der Waals surface area contributed by atoms with Crippen LogP contribution in [0, 0.1) is 0 Å². The maximum absolute atomic E-state index is 11.7. The Hall–Kier alpha value is -2.73. The molecule has 0 radical (unpaired) electrons. The van der Waals surface area contributed by atoms with Gasteiger partial charge in [0.25, 0.3) is 10.1 Å². The van der Waals surface area contributed by atoms with Gasteiger partial charge in [-0.25, -0.2) is 0 Å². The summed E-state index contributed by atoms with van der Waals surface area (Å²) in [5.74, 6) is 0. The topological polar surface area (TPSA) is 66.4 Å². The van der Waals surface area contributed by atoms with Crippen molar-refractivity contribution in [1.29, 1.82) is 0 Å². The maximum atomic E-state index is 11.7. The summed E-state index contributed by atoms with van der Waals surface area (Å²) in [6, 6.07) is 22.6. The van der Waals surface area contributed by atoms with Gasteiger partial charge in [0.05, 0.1) is 10.9 Å². The molecule has 0 fully saturated rings. The van der Waals surface area contributed by atoms with E-state index in [0.717, 1.165) is 28.8 Å². The van der Waals surface area contributed by atoms with Crippen LogP contribution in [-0.2, 0) is 16.7 Å². The molecule has 0 saturated heterocycles. The zero-order valence-electron chi connectivity index (χ0n) is 14.5. The first-order valence-electron chi connectivity index (χ1n) is 8.68. The highest BCUT2D eigenvalue weighted by Crippen LogP contribution is 2.34. The number of fused-ring (bicyclic) bond motifs is 1. The number of nitrogens with one attached hydrogen (secondary N) is 1. The first-order valence-corrected chi connectivity index (χ1v) is 10.1. The monoisotopic (exact) mass is 377 g/mol. The molecule has 1 unspecified atom stereocenters. The van der Waals surface area contributed by atoms with E-state index in [4.69, 9.17) is 0 Å². The predicted molar refractivity (Wildman–Crippen MR) is 107 cm³/mol. The van der Waals surface area contributed by atoms with Gasteiger partial charge in [0.15, 0.2) is 0 Å². The molecule has 3 aromatic carbocycles. The smallest absolute Gasteiger partial charge is 0.294 e. The van der Waals surface area contributed by atoms with Gasteiger partial charge in [-0.2, -0.15) is 8.42 Å². The van der Waals surface area contributed by atoms with E-state index in [2.05, 4.69) is 11.4 Å². The van der Waals surface area contributed by atoms with Crippen LogP contribution in [0.2, 0.25) is 0 Å². The van der Waals surface area contributed by atoms with E-state index in [0.29, 0.717) is 0 Å². The van der Waals surface area contributed by atoms with E-state index in [9.17, 15) is 13.0 Å². The van der Waals surface area contributed by atoms with Crippen molar-refractivity contribution in [3.63, 3.8) is 0 Å². The first kappa shape index (κ1) is 17.7. The van der Waals surface area contributed by atoms with Crippen molar-refractivity contribution in [2.24, 2.45) is 0 Å². The maximum Gasteiger partial charge on any atom is 0.294 e. The number of hydrogen-bond donors (Lipinski definition) is 2. The summed E-state index contributed by atoms with van der Waals surface area (Å²) >= 11 is 0. The van der Waals surface area contributed by atoms with Crippen LogP contribution in [0.25, 0.3) is 12.2 Å². The van der Waals surface area contributed by atoms with Gasteiger partial charge < -0.3 is 5.32 Å². The zero-order chi connectivity index (χ0) is 18.9. The summed E-state index contributed by atoms with van der Waals surface area (Å²) in [6.45, 7) is 0.721. The largest absolute Gasteiger partial charge is 0.302 e. The van der Waals surface area contributed by atoms with E-state index in [1.165, 1.54) is 11.6 Å². The SMILES string of the molecule is O=S(=O)(O)c1ccc(C=Cc2ccccc2)c(C2NCc3ccccc32)c1. The van der Waals surface area contributed by atoms with E-state index in [1.807, 2.05) is 60.7 Å². The van der Waals surface area contributed by atoms with Crippen LogP contribution in [0.1, 0.15) is 33.9 Å². The minimum atomic E-state index is -4.27. The molecule has 0 aromatic heterocycles. The molecule has 0 bridgehead atoms. The van der Waals surface area contributed by atoms with Crippen LogP contribution in [-0.4, -0.2) is 13.0 Å². The second-order valence-corrected chi connectivity index (χ2v) is 7.94. The molecule has 136 valence electrons. The Morgan fingerprint density at radius 2 is 1.63 bits per heavy atom. The highest BCUT2D eigenvalue weighted by molar-refractivity contribution is 7.85. The Labute approximate surface area is 158 Å². The third-order valence-electron chi connectivity index (χ3n) is 4.78. The van der Waals surface area contributed by atoms with Crippen LogP contribution in [0.4, 0.5) is 0 Å². The van der Waals surface area contributed by atoms with Gasteiger partial charge in [0, 0.05) is 6.54 Å². The third-order valence-corrected chi connectivity index (χ3v) is 5.63. The molecule has 1 heterocycles. The van der Waals surface area contributed by atoms with E-state index >= 15 is 0 Å². The average molecular weight is 377 g/mol. The minimum absolute atomic E-state index is 0.0967. The Kier molecular flexibility index (Phi) is 4.66. The minimum Gasteiger partial charge on any atom is -0.302 e. The van der Waals surface area contributed by atoms with Crippen LogP contribution in [0.3, 0.4) is 0 Å². The van der Waals surface area contributed by atoms with Crippen LogP contribution >= 0.6 is 0 Å². The van der Waals surface area contributed by atoms with E-state index < -0.39 is 10.1 Å². The Balaban J connectivity index is 1.81. The van der Waals surface area contributed by atoms with Gasteiger partial charge in [0.1, 0.15) is 0 Å². The third kappa shape index (κ3) is 3.71. The van der Waals surface area contributed by atoms with Gasteiger partial charge in [-0.3, -0.25) is 4.55 Å². The highest BCUT2D eigenvalue weighted by atomic mass is 32.2. The standard InChI is InChI=1S/C22H19NO3S/c24-27(25,26)19-13-12-17(11-10-16-6-2-1-3-7-16)21(14-19)22-20-9-5-4-8-18(20)15-23-22/h1-14,22-23H,15H2,(H,24,25,26). The number of hydrogen-bond acceptors (Lipinski definition) is 3. The molecule has 1 aliphatic rings. The molecule has 0 amide bonds. The molecule has 2 N–H and O–H groups in total. The normalized spacial score (nSPS) is 16.6. The molecular weight excluding hydrogens is 358 g/mol. The quantitative estimate of drug-likeness (QED) is 0.526. The first-order chi connectivity index (χ1) is 13.0. The van der Waals surface area contributed by atoms with Gasteiger partial charge >= 0.3 is 0 Å². The number of benzene rings is 3. The lowest BCUT2D eigenvalue weighted by molar-refractivity contribution is 0.483. The van der Waals surface area contributed by atoms with Crippen molar-refractivity contribution in [3.05, 3.63) is 101 Å². The van der Waals surface area contributed by atoms with Crippen molar-refractivity contribution >= 4 is 22.3 Å². The molecule has 1 aliphatic heterocycles. The summed E-state index contributed by atoms with van der Waals surface area (Å²) in [7, 11) is -4.27. The fraction of sp³-hybridized carbons (Fsp3) is 0.0909. The lowest BCUT2D eigenvalue weighted by Crippen LogP contribution is -2.15. The highest BCUT2D eigenvalue weighted by Gasteiger charge is 2.25. The number of rotatable bonds is 4. The van der Waals surface area contributed by atoms with Crippen molar-refractivity contribution in [2.45, 2.75) is 17.5 Å². The van der Waals surface area contributed by atoms with Gasteiger partial charge in [-0.1, -0.05) is 72.8 Å². The summed E-state index contributed by atoms with van der Waals surface area (Å²) < 4.78 is 32.8. The molecule has 0 spiro atoms. The van der Waals surface area contributed by atoms with Gasteiger partial charge in [-0.15, -0.1) is 0 Å². The zero-order valence-corrected chi connectivity index (χ0v) is 15.4. The fourth-order valence-electron chi connectivity index (χ4n) is 3.44. The second-order valence-electron chi connectivity index (χ2n) is 6.52. The lowest BCUT2D eigenvalue weighted by atomic mass is 9.94. The van der Waals surface area contributed by atoms with Crippen molar-refractivity contribution in [2.75, 3.05) is 0 Å². The van der Waals surface area contributed by atoms with Crippen LogP contribution in [0.5, 0.6) is 0 Å². The molecule has 5 heteroatoms. The summed E-state index contributed by atoms with van der Waals surface area (Å²) in [4.78, 5) is -0.0967. The molecule has 1 atom stereocenters. The van der Waals surface area contributed by atoms with Crippen LogP contribution in [0.15, 0.2) is 77.7 Å². The Morgan fingerprint density at radius 1 is 0.889 bits per heavy atom.